The van der Waals surface area contributed by atoms with Crippen molar-refractivity contribution in [3.05, 3.63) is 77.9 Å². The molecule has 5 heteroatoms. The SMILES string of the molecule is Cc1ccc(F)c(NC(=O)c2cnn(-c3ccccc3)c2)c1. The molecule has 3 rings (SSSR count). The number of hydrogen-bond donors (Lipinski definition) is 1. The fourth-order valence-corrected chi connectivity index (χ4v) is 2.09. The summed E-state index contributed by atoms with van der Waals surface area (Å²) in [5.41, 5.74) is 2.25. The third-order valence-corrected chi connectivity index (χ3v) is 3.24. The van der Waals surface area contributed by atoms with Gasteiger partial charge in [-0.3, -0.25) is 4.79 Å². The Labute approximate surface area is 127 Å². The van der Waals surface area contributed by atoms with Crippen LogP contribution in [-0.2, 0) is 0 Å². The van der Waals surface area contributed by atoms with E-state index in [2.05, 4.69) is 10.4 Å². The number of para-hydroxylation sites is 1. The molecule has 0 aliphatic rings. The second kappa shape index (κ2) is 5.81. The number of aryl methyl sites for hydroxylation is 1. The summed E-state index contributed by atoms with van der Waals surface area (Å²) in [6.07, 6.45) is 3.06. The summed E-state index contributed by atoms with van der Waals surface area (Å²) in [7, 11) is 0. The van der Waals surface area contributed by atoms with Gasteiger partial charge in [0.2, 0.25) is 0 Å². The quantitative estimate of drug-likeness (QED) is 0.803. The first-order valence-corrected chi connectivity index (χ1v) is 6.81. The van der Waals surface area contributed by atoms with Crippen molar-refractivity contribution in [2.75, 3.05) is 5.32 Å². The molecule has 0 atom stereocenters. The highest BCUT2D eigenvalue weighted by Crippen LogP contribution is 2.17. The molecule has 1 N–H and O–H groups in total. The summed E-state index contributed by atoms with van der Waals surface area (Å²) in [5, 5.41) is 6.72. The van der Waals surface area contributed by atoms with E-state index in [1.165, 1.54) is 12.3 Å². The first-order valence-electron chi connectivity index (χ1n) is 6.81. The Balaban J connectivity index is 1.81. The summed E-state index contributed by atoms with van der Waals surface area (Å²) in [6.45, 7) is 1.84. The Morgan fingerprint density at radius 3 is 2.73 bits per heavy atom. The van der Waals surface area contributed by atoms with Crippen molar-refractivity contribution >= 4 is 11.6 Å². The van der Waals surface area contributed by atoms with Gasteiger partial charge in [-0.2, -0.15) is 5.10 Å². The molecule has 1 heterocycles. The van der Waals surface area contributed by atoms with Crippen molar-refractivity contribution in [1.82, 2.24) is 9.78 Å². The number of rotatable bonds is 3. The average Bonchev–Trinajstić information content (AvgIpc) is 3.02. The smallest absolute Gasteiger partial charge is 0.258 e. The zero-order valence-electron chi connectivity index (χ0n) is 12.0. The zero-order valence-corrected chi connectivity index (χ0v) is 12.0. The van der Waals surface area contributed by atoms with Gasteiger partial charge in [0.25, 0.3) is 5.91 Å². The van der Waals surface area contributed by atoms with Gasteiger partial charge in [0.1, 0.15) is 5.82 Å². The monoisotopic (exact) mass is 295 g/mol. The molecule has 0 aliphatic carbocycles. The van der Waals surface area contributed by atoms with Crippen LogP contribution in [0.2, 0.25) is 0 Å². The predicted octanol–water partition coefficient (Wildman–Crippen LogP) is 3.57. The molecule has 110 valence electrons. The number of anilines is 1. The highest BCUT2D eigenvalue weighted by Gasteiger charge is 2.12. The Morgan fingerprint density at radius 2 is 1.95 bits per heavy atom. The lowest BCUT2D eigenvalue weighted by molar-refractivity contribution is 0.102. The predicted molar refractivity (Wildman–Crippen MR) is 82.7 cm³/mol. The average molecular weight is 295 g/mol. The van der Waals surface area contributed by atoms with Gasteiger partial charge in [0.15, 0.2) is 0 Å². The minimum Gasteiger partial charge on any atom is -0.319 e. The first-order chi connectivity index (χ1) is 10.6. The van der Waals surface area contributed by atoms with Gasteiger partial charge in [-0.1, -0.05) is 24.3 Å². The highest BCUT2D eigenvalue weighted by molar-refractivity contribution is 6.04. The summed E-state index contributed by atoms with van der Waals surface area (Å²) in [4.78, 5) is 12.2. The summed E-state index contributed by atoms with van der Waals surface area (Å²) in [6, 6.07) is 14.0. The van der Waals surface area contributed by atoms with Crippen LogP contribution in [0.15, 0.2) is 60.9 Å². The van der Waals surface area contributed by atoms with Crippen LogP contribution >= 0.6 is 0 Å². The molecule has 0 saturated heterocycles. The number of carbonyl (C=O) groups is 1. The Morgan fingerprint density at radius 1 is 1.18 bits per heavy atom. The van der Waals surface area contributed by atoms with Crippen LogP contribution in [0.5, 0.6) is 0 Å². The van der Waals surface area contributed by atoms with Gasteiger partial charge in [-0.25, -0.2) is 9.07 Å². The minimum absolute atomic E-state index is 0.164. The molecule has 22 heavy (non-hydrogen) atoms. The van der Waals surface area contributed by atoms with E-state index in [4.69, 9.17) is 0 Å². The van der Waals surface area contributed by atoms with Crippen LogP contribution < -0.4 is 5.32 Å². The number of nitrogens with zero attached hydrogens (tertiary/aromatic N) is 2. The Kier molecular flexibility index (Phi) is 3.70. The molecule has 0 spiro atoms. The van der Waals surface area contributed by atoms with E-state index in [0.29, 0.717) is 5.56 Å². The second-order valence-electron chi connectivity index (χ2n) is 4.95. The Bertz CT molecular complexity index is 812. The van der Waals surface area contributed by atoms with Crippen LogP contribution in [0, 0.1) is 12.7 Å². The van der Waals surface area contributed by atoms with Gasteiger partial charge in [-0.05, 0) is 36.8 Å². The van der Waals surface area contributed by atoms with Crippen molar-refractivity contribution < 1.29 is 9.18 Å². The molecule has 4 nitrogen and oxygen atoms in total. The maximum absolute atomic E-state index is 13.7. The maximum Gasteiger partial charge on any atom is 0.258 e. The number of hydrogen-bond acceptors (Lipinski definition) is 2. The van der Waals surface area contributed by atoms with E-state index < -0.39 is 11.7 Å². The van der Waals surface area contributed by atoms with Crippen LogP contribution in [0.25, 0.3) is 5.69 Å². The maximum atomic E-state index is 13.7. The molecule has 1 aromatic heterocycles. The molecule has 3 aromatic rings. The van der Waals surface area contributed by atoms with E-state index >= 15 is 0 Å². The van der Waals surface area contributed by atoms with E-state index in [-0.39, 0.29) is 5.69 Å². The summed E-state index contributed by atoms with van der Waals surface area (Å²) < 4.78 is 15.3. The molecule has 0 fully saturated rings. The van der Waals surface area contributed by atoms with E-state index in [9.17, 15) is 9.18 Å². The van der Waals surface area contributed by atoms with Gasteiger partial charge in [0.05, 0.1) is 23.1 Å². The lowest BCUT2D eigenvalue weighted by Gasteiger charge is -2.06. The normalized spacial score (nSPS) is 10.5. The molecule has 1 amide bonds. The molecule has 0 aliphatic heterocycles. The van der Waals surface area contributed by atoms with Gasteiger partial charge >= 0.3 is 0 Å². The fourth-order valence-electron chi connectivity index (χ4n) is 2.09. The largest absolute Gasteiger partial charge is 0.319 e. The third-order valence-electron chi connectivity index (χ3n) is 3.24. The van der Waals surface area contributed by atoms with Gasteiger partial charge < -0.3 is 5.32 Å². The van der Waals surface area contributed by atoms with Crippen LogP contribution in [-0.4, -0.2) is 15.7 Å². The van der Waals surface area contributed by atoms with Crippen LogP contribution in [0.4, 0.5) is 10.1 Å². The zero-order chi connectivity index (χ0) is 15.5. The van der Waals surface area contributed by atoms with Crippen LogP contribution in [0.3, 0.4) is 0 Å². The van der Waals surface area contributed by atoms with Crippen molar-refractivity contribution in [2.24, 2.45) is 0 Å². The fraction of sp³-hybridized carbons (Fsp3) is 0.0588. The number of halogens is 1. The van der Waals surface area contributed by atoms with Crippen molar-refractivity contribution in [1.29, 1.82) is 0 Å². The van der Waals surface area contributed by atoms with Crippen molar-refractivity contribution in [3.63, 3.8) is 0 Å². The molecule has 0 bridgehead atoms. The number of carbonyl (C=O) groups excluding carboxylic acids is 1. The first kappa shape index (κ1) is 14.0. The third kappa shape index (κ3) is 2.88. The molecule has 0 radical (unpaired) electrons. The number of benzene rings is 2. The number of amides is 1. The number of nitrogens with one attached hydrogen (secondary N) is 1. The van der Waals surface area contributed by atoms with Crippen LogP contribution in [0.1, 0.15) is 15.9 Å². The molecule has 0 unspecified atom stereocenters. The van der Waals surface area contributed by atoms with E-state index in [1.54, 1.807) is 23.0 Å². The standard InChI is InChI=1S/C17H14FN3O/c1-12-7-8-15(18)16(9-12)20-17(22)13-10-19-21(11-13)14-5-3-2-4-6-14/h2-11H,1H3,(H,20,22). The van der Waals surface area contributed by atoms with E-state index in [0.717, 1.165) is 11.3 Å². The van der Waals surface area contributed by atoms with Crippen molar-refractivity contribution in [2.45, 2.75) is 6.92 Å². The summed E-state index contributed by atoms with van der Waals surface area (Å²) >= 11 is 0. The molecule has 2 aromatic carbocycles. The molecular weight excluding hydrogens is 281 g/mol. The van der Waals surface area contributed by atoms with Crippen molar-refractivity contribution in [3.8, 4) is 5.69 Å². The minimum atomic E-state index is -0.464. The second-order valence-corrected chi connectivity index (χ2v) is 4.95. The highest BCUT2D eigenvalue weighted by atomic mass is 19.1. The lowest BCUT2D eigenvalue weighted by atomic mass is 10.2. The number of aromatic nitrogens is 2. The summed E-state index contributed by atoms with van der Waals surface area (Å²) in [5.74, 6) is -0.860. The molecule has 0 saturated carbocycles. The lowest BCUT2D eigenvalue weighted by Crippen LogP contribution is -2.12. The topological polar surface area (TPSA) is 46.9 Å². The Hall–Kier alpha value is -2.95. The van der Waals surface area contributed by atoms with Gasteiger partial charge in [0, 0.05) is 6.20 Å². The van der Waals surface area contributed by atoms with E-state index in [1.807, 2.05) is 37.3 Å². The van der Waals surface area contributed by atoms with Gasteiger partial charge in [-0.15, -0.1) is 0 Å². The molecular formula is C17H14FN3O.